The lowest BCUT2D eigenvalue weighted by Gasteiger charge is -2.17. The molecule has 1 atom stereocenters. The van der Waals surface area contributed by atoms with Gasteiger partial charge >= 0.3 is 0 Å². The molecule has 1 aliphatic rings. The molecule has 124 valence electrons. The molecule has 7 heteroatoms. The third-order valence-electron chi connectivity index (χ3n) is 4.25. The smallest absolute Gasteiger partial charge is 0.254 e. The monoisotopic (exact) mass is 333 g/mol. The van der Waals surface area contributed by atoms with Crippen LogP contribution in [0, 0.1) is 11.3 Å². The fourth-order valence-electron chi connectivity index (χ4n) is 2.97. The van der Waals surface area contributed by atoms with Gasteiger partial charge in [-0.25, -0.2) is 9.97 Å². The zero-order valence-electron chi connectivity index (χ0n) is 13.3. The van der Waals surface area contributed by atoms with Gasteiger partial charge in [0.2, 0.25) is 5.88 Å². The van der Waals surface area contributed by atoms with E-state index >= 15 is 0 Å². The Labute approximate surface area is 143 Å². The number of carbonyl (C=O) groups excluding carboxylic acids is 1. The van der Waals surface area contributed by atoms with Crippen LogP contribution < -0.4 is 4.74 Å². The Morgan fingerprint density at radius 2 is 2.24 bits per heavy atom. The summed E-state index contributed by atoms with van der Waals surface area (Å²) in [6.45, 7) is 1.13. The minimum atomic E-state index is -0.124. The highest BCUT2D eigenvalue weighted by Gasteiger charge is 2.28. The Balaban J connectivity index is 1.44. The van der Waals surface area contributed by atoms with Gasteiger partial charge in [-0.1, -0.05) is 0 Å². The van der Waals surface area contributed by atoms with Crippen LogP contribution in [0.25, 0.3) is 11.0 Å². The summed E-state index contributed by atoms with van der Waals surface area (Å²) < 4.78 is 5.82. The van der Waals surface area contributed by atoms with E-state index in [4.69, 9.17) is 10.00 Å². The van der Waals surface area contributed by atoms with E-state index in [-0.39, 0.29) is 12.0 Å². The number of hydrogen-bond donors (Lipinski definition) is 1. The summed E-state index contributed by atoms with van der Waals surface area (Å²) in [5, 5.41) is 8.93. The van der Waals surface area contributed by atoms with Gasteiger partial charge in [0, 0.05) is 30.8 Å². The zero-order valence-corrected chi connectivity index (χ0v) is 13.3. The van der Waals surface area contributed by atoms with Crippen molar-refractivity contribution >= 4 is 16.9 Å². The number of pyridine rings is 1. The fourth-order valence-corrected chi connectivity index (χ4v) is 2.97. The number of nitrogens with one attached hydrogen (secondary N) is 1. The van der Waals surface area contributed by atoms with Crippen LogP contribution >= 0.6 is 0 Å². The van der Waals surface area contributed by atoms with Gasteiger partial charge in [-0.2, -0.15) is 5.26 Å². The number of aromatic nitrogens is 3. The van der Waals surface area contributed by atoms with Gasteiger partial charge < -0.3 is 14.6 Å². The fraction of sp³-hybridized carbons (Fsp3) is 0.222. The van der Waals surface area contributed by atoms with Crippen LogP contribution in [0.4, 0.5) is 0 Å². The molecule has 4 rings (SSSR count). The summed E-state index contributed by atoms with van der Waals surface area (Å²) in [4.78, 5) is 25.8. The van der Waals surface area contributed by atoms with E-state index in [9.17, 15) is 4.79 Å². The van der Waals surface area contributed by atoms with Gasteiger partial charge in [0.1, 0.15) is 6.10 Å². The van der Waals surface area contributed by atoms with E-state index in [2.05, 4.69) is 21.0 Å². The van der Waals surface area contributed by atoms with Gasteiger partial charge in [-0.15, -0.1) is 0 Å². The van der Waals surface area contributed by atoms with Crippen molar-refractivity contribution in [1.82, 2.24) is 19.9 Å². The van der Waals surface area contributed by atoms with Crippen LogP contribution in [0.3, 0.4) is 0 Å². The normalized spacial score (nSPS) is 16.8. The molecule has 25 heavy (non-hydrogen) atoms. The van der Waals surface area contributed by atoms with Crippen molar-refractivity contribution in [2.24, 2.45) is 0 Å². The summed E-state index contributed by atoms with van der Waals surface area (Å²) in [7, 11) is 0. The predicted molar refractivity (Wildman–Crippen MR) is 90.0 cm³/mol. The summed E-state index contributed by atoms with van der Waals surface area (Å²) in [6, 6.07) is 10.7. The van der Waals surface area contributed by atoms with Crippen LogP contribution in [0.15, 0.2) is 42.9 Å². The van der Waals surface area contributed by atoms with Crippen molar-refractivity contribution in [3.05, 3.63) is 54.0 Å². The van der Waals surface area contributed by atoms with Gasteiger partial charge in [-0.05, 0) is 24.3 Å². The first-order valence-corrected chi connectivity index (χ1v) is 7.98. The average molecular weight is 333 g/mol. The standard InChI is InChI=1S/C18H15N5O2/c19-9-12-3-5-20-17(7-12)25-14-4-6-23(10-14)18(24)13-1-2-15-16(8-13)22-11-21-15/h1-3,5,7-8,11,14H,4,6,10H2,(H,21,22). The Hall–Kier alpha value is -3.40. The Morgan fingerprint density at radius 1 is 1.32 bits per heavy atom. The molecule has 1 N–H and O–H groups in total. The molecule has 1 amide bonds. The molecular weight excluding hydrogens is 318 g/mol. The minimum Gasteiger partial charge on any atom is -0.472 e. The molecular formula is C18H15N5O2. The highest BCUT2D eigenvalue weighted by molar-refractivity contribution is 5.97. The first-order chi connectivity index (χ1) is 12.2. The molecule has 3 aromatic rings. The van der Waals surface area contributed by atoms with Crippen LogP contribution in [-0.4, -0.2) is 45.0 Å². The van der Waals surface area contributed by atoms with Crippen molar-refractivity contribution in [2.45, 2.75) is 12.5 Å². The summed E-state index contributed by atoms with van der Waals surface area (Å²) in [6.07, 6.45) is 3.77. The second-order valence-corrected chi connectivity index (χ2v) is 5.91. The number of nitriles is 1. The number of likely N-dealkylation sites (tertiary alicyclic amines) is 1. The maximum absolute atomic E-state index is 12.7. The lowest BCUT2D eigenvalue weighted by molar-refractivity contribution is 0.0771. The number of benzene rings is 1. The largest absolute Gasteiger partial charge is 0.472 e. The van der Waals surface area contributed by atoms with Gasteiger partial charge in [0.15, 0.2) is 0 Å². The molecule has 1 aliphatic heterocycles. The molecule has 1 fully saturated rings. The van der Waals surface area contributed by atoms with E-state index in [0.717, 1.165) is 17.5 Å². The van der Waals surface area contributed by atoms with Crippen molar-refractivity contribution in [1.29, 1.82) is 5.26 Å². The number of aromatic amines is 1. The predicted octanol–water partition coefficient (Wildman–Crippen LogP) is 2.12. The third-order valence-corrected chi connectivity index (χ3v) is 4.25. The van der Waals surface area contributed by atoms with E-state index in [1.165, 1.54) is 0 Å². The SMILES string of the molecule is N#Cc1ccnc(OC2CCN(C(=O)c3ccc4nc[nH]c4c3)C2)c1. The number of hydrogen-bond acceptors (Lipinski definition) is 5. The number of H-pyrrole nitrogens is 1. The van der Waals surface area contributed by atoms with Crippen molar-refractivity contribution < 1.29 is 9.53 Å². The number of nitrogens with zero attached hydrogens (tertiary/aromatic N) is 4. The van der Waals surface area contributed by atoms with Crippen molar-refractivity contribution in [3.8, 4) is 11.9 Å². The molecule has 2 aromatic heterocycles. The lowest BCUT2D eigenvalue weighted by atomic mass is 10.2. The molecule has 0 radical (unpaired) electrons. The Morgan fingerprint density at radius 3 is 3.12 bits per heavy atom. The quantitative estimate of drug-likeness (QED) is 0.792. The maximum Gasteiger partial charge on any atom is 0.254 e. The summed E-state index contributed by atoms with van der Waals surface area (Å²) >= 11 is 0. The van der Waals surface area contributed by atoms with Crippen molar-refractivity contribution in [3.63, 3.8) is 0 Å². The number of imidazole rings is 1. The van der Waals surface area contributed by atoms with E-state index in [1.54, 1.807) is 35.6 Å². The molecule has 1 aromatic carbocycles. The van der Waals surface area contributed by atoms with E-state index < -0.39 is 0 Å². The number of carbonyl (C=O) groups is 1. The van der Waals surface area contributed by atoms with Crippen LogP contribution in [-0.2, 0) is 0 Å². The Bertz CT molecular complexity index is 975. The van der Waals surface area contributed by atoms with Crippen LogP contribution in [0.2, 0.25) is 0 Å². The number of fused-ring (bicyclic) bond motifs is 1. The molecule has 0 aliphatic carbocycles. The van der Waals surface area contributed by atoms with Gasteiger partial charge in [-0.3, -0.25) is 4.79 Å². The molecule has 0 saturated carbocycles. The van der Waals surface area contributed by atoms with Gasteiger partial charge in [0.05, 0.1) is 35.5 Å². The molecule has 7 nitrogen and oxygen atoms in total. The molecule has 1 saturated heterocycles. The van der Waals surface area contributed by atoms with Crippen molar-refractivity contribution in [2.75, 3.05) is 13.1 Å². The molecule has 0 bridgehead atoms. The average Bonchev–Trinajstić information content (AvgIpc) is 3.29. The highest BCUT2D eigenvalue weighted by Crippen LogP contribution is 2.20. The molecule has 3 heterocycles. The van der Waals surface area contributed by atoms with E-state index in [1.807, 2.05) is 12.1 Å². The summed E-state index contributed by atoms with van der Waals surface area (Å²) in [5.74, 6) is 0.388. The number of ether oxygens (including phenoxy) is 1. The van der Waals surface area contributed by atoms with Gasteiger partial charge in [0.25, 0.3) is 5.91 Å². The second kappa shape index (κ2) is 6.24. The van der Waals surface area contributed by atoms with Crippen LogP contribution in [0.1, 0.15) is 22.3 Å². The second-order valence-electron chi connectivity index (χ2n) is 5.91. The minimum absolute atomic E-state index is 0.0265. The lowest BCUT2D eigenvalue weighted by Crippen LogP contribution is -2.31. The van der Waals surface area contributed by atoms with Crippen LogP contribution in [0.5, 0.6) is 5.88 Å². The maximum atomic E-state index is 12.7. The summed E-state index contributed by atoms with van der Waals surface area (Å²) in [5.41, 5.74) is 2.81. The highest BCUT2D eigenvalue weighted by atomic mass is 16.5. The first kappa shape index (κ1) is 15.1. The number of amides is 1. The Kier molecular flexibility index (Phi) is 3.78. The molecule has 0 spiro atoms. The third kappa shape index (κ3) is 3.02. The topological polar surface area (TPSA) is 94.9 Å². The molecule has 1 unspecified atom stereocenters. The zero-order chi connectivity index (χ0) is 17.2. The van der Waals surface area contributed by atoms with E-state index in [0.29, 0.717) is 30.1 Å². The number of rotatable bonds is 3. The first-order valence-electron chi connectivity index (χ1n) is 7.98.